The number of nitrogens with zero attached hydrogens (tertiary/aromatic N) is 3. The molecule has 1 aromatic rings. The molecule has 1 N–H and O–H groups in total. The van der Waals surface area contributed by atoms with Crippen LogP contribution in [0.15, 0.2) is 6.07 Å². The number of methoxy groups -OCH3 is 1. The number of nitrogens with one attached hydrogen (secondary N) is 1. The molecule has 0 aliphatic carbocycles. The summed E-state index contributed by atoms with van der Waals surface area (Å²) in [5.41, 5.74) is -0.0491. The molecule has 112 valence electrons. The Balaban J connectivity index is 2.23. The number of anilines is 2. The maximum atomic E-state index is 5.43. The first-order chi connectivity index (χ1) is 9.44. The molecule has 0 radical (unpaired) electrons. The minimum Gasteiger partial charge on any atom is -0.381 e. The highest BCUT2D eigenvalue weighted by Crippen LogP contribution is 2.26. The standard InChI is InChI=1S/C15H26N4O/c1-15(2,3)14-17-12(16-4)10-13(18-14)19-8-6-11(20-5)7-9-19/h10-11H,6-9H2,1-5H3,(H,16,17,18). The first-order valence-corrected chi connectivity index (χ1v) is 7.29. The second kappa shape index (κ2) is 5.95. The summed E-state index contributed by atoms with van der Waals surface area (Å²) in [5, 5.41) is 3.14. The van der Waals surface area contributed by atoms with Gasteiger partial charge in [-0.25, -0.2) is 9.97 Å². The normalized spacial score (nSPS) is 17.4. The van der Waals surface area contributed by atoms with E-state index in [2.05, 4.69) is 36.0 Å². The van der Waals surface area contributed by atoms with Gasteiger partial charge in [-0.1, -0.05) is 20.8 Å². The van der Waals surface area contributed by atoms with Gasteiger partial charge in [-0.15, -0.1) is 0 Å². The van der Waals surface area contributed by atoms with Crippen molar-refractivity contribution < 1.29 is 4.74 Å². The average Bonchev–Trinajstić information content (AvgIpc) is 2.46. The summed E-state index contributed by atoms with van der Waals surface area (Å²) in [6.07, 6.45) is 2.50. The Kier molecular flexibility index (Phi) is 4.48. The van der Waals surface area contributed by atoms with Gasteiger partial charge >= 0.3 is 0 Å². The summed E-state index contributed by atoms with van der Waals surface area (Å²) in [7, 11) is 3.69. The number of hydrogen-bond acceptors (Lipinski definition) is 5. The lowest BCUT2D eigenvalue weighted by Crippen LogP contribution is -2.37. The van der Waals surface area contributed by atoms with Crippen LogP contribution in [0, 0.1) is 0 Å². The van der Waals surface area contributed by atoms with Crippen molar-refractivity contribution >= 4 is 11.6 Å². The lowest BCUT2D eigenvalue weighted by molar-refractivity contribution is 0.0818. The molecule has 0 aromatic carbocycles. The van der Waals surface area contributed by atoms with Crippen molar-refractivity contribution in [3.8, 4) is 0 Å². The molecule has 20 heavy (non-hydrogen) atoms. The molecule has 5 heteroatoms. The molecule has 0 saturated carbocycles. The van der Waals surface area contributed by atoms with Crippen molar-refractivity contribution in [3.05, 3.63) is 11.9 Å². The van der Waals surface area contributed by atoms with Gasteiger partial charge in [0.05, 0.1) is 6.10 Å². The Morgan fingerprint density at radius 3 is 2.40 bits per heavy atom. The van der Waals surface area contributed by atoms with Gasteiger partial charge in [0.2, 0.25) is 0 Å². The van der Waals surface area contributed by atoms with Crippen molar-refractivity contribution in [2.45, 2.75) is 45.1 Å². The molecule has 0 amide bonds. The number of piperidine rings is 1. The van der Waals surface area contributed by atoms with Crippen LogP contribution in [-0.4, -0.2) is 43.3 Å². The van der Waals surface area contributed by atoms with Gasteiger partial charge in [0.25, 0.3) is 0 Å². The van der Waals surface area contributed by atoms with E-state index < -0.39 is 0 Å². The second-order valence-electron chi connectivity index (χ2n) is 6.36. The van der Waals surface area contributed by atoms with Gasteiger partial charge in [-0.3, -0.25) is 0 Å². The summed E-state index contributed by atoms with van der Waals surface area (Å²) in [5.74, 6) is 2.78. The molecule has 5 nitrogen and oxygen atoms in total. The summed E-state index contributed by atoms with van der Waals surface area (Å²) in [6.45, 7) is 8.40. The molecular weight excluding hydrogens is 252 g/mol. The van der Waals surface area contributed by atoms with Crippen LogP contribution in [0.4, 0.5) is 11.6 Å². The average molecular weight is 278 g/mol. The van der Waals surface area contributed by atoms with E-state index in [9.17, 15) is 0 Å². The minimum absolute atomic E-state index is 0.0491. The Morgan fingerprint density at radius 1 is 1.25 bits per heavy atom. The van der Waals surface area contributed by atoms with Gasteiger partial charge in [-0.05, 0) is 12.8 Å². The highest BCUT2D eigenvalue weighted by atomic mass is 16.5. The van der Waals surface area contributed by atoms with Crippen LogP contribution >= 0.6 is 0 Å². The SMILES string of the molecule is CNc1cc(N2CCC(OC)CC2)nc(C(C)(C)C)n1. The molecule has 1 aromatic heterocycles. The third-order valence-electron chi connectivity index (χ3n) is 3.74. The van der Waals surface area contributed by atoms with Crippen LogP contribution in [0.25, 0.3) is 0 Å². The largest absolute Gasteiger partial charge is 0.381 e. The van der Waals surface area contributed by atoms with Crippen molar-refractivity contribution in [3.63, 3.8) is 0 Å². The predicted octanol–water partition coefficient (Wildman–Crippen LogP) is 2.43. The van der Waals surface area contributed by atoms with E-state index >= 15 is 0 Å². The summed E-state index contributed by atoms with van der Waals surface area (Å²) in [4.78, 5) is 11.7. The Hall–Kier alpha value is -1.36. The molecule has 2 rings (SSSR count). The van der Waals surface area contributed by atoms with Gasteiger partial charge in [0.1, 0.15) is 17.5 Å². The van der Waals surface area contributed by atoms with Crippen molar-refractivity contribution in [1.29, 1.82) is 0 Å². The van der Waals surface area contributed by atoms with Crippen molar-refractivity contribution in [2.24, 2.45) is 0 Å². The van der Waals surface area contributed by atoms with Crippen molar-refractivity contribution in [2.75, 3.05) is 37.5 Å². The first kappa shape index (κ1) is 15.0. The monoisotopic (exact) mass is 278 g/mol. The number of rotatable bonds is 3. The zero-order valence-corrected chi connectivity index (χ0v) is 13.2. The van der Waals surface area contributed by atoms with Crippen LogP contribution in [-0.2, 0) is 10.2 Å². The molecule has 1 saturated heterocycles. The molecule has 0 spiro atoms. The molecular formula is C15H26N4O. The van der Waals surface area contributed by atoms with Crippen LogP contribution in [0.1, 0.15) is 39.4 Å². The summed E-state index contributed by atoms with van der Waals surface area (Å²) >= 11 is 0. The molecule has 1 aliphatic rings. The van der Waals surface area contributed by atoms with Crippen LogP contribution < -0.4 is 10.2 Å². The molecule has 2 heterocycles. The van der Waals surface area contributed by atoms with Crippen LogP contribution in [0.2, 0.25) is 0 Å². The zero-order chi connectivity index (χ0) is 14.8. The van der Waals surface area contributed by atoms with Gasteiger partial charge in [0, 0.05) is 38.7 Å². The smallest absolute Gasteiger partial charge is 0.138 e. The maximum Gasteiger partial charge on any atom is 0.138 e. The summed E-state index contributed by atoms with van der Waals surface area (Å²) < 4.78 is 5.43. The Labute approximate surface area is 121 Å². The zero-order valence-electron chi connectivity index (χ0n) is 13.2. The van der Waals surface area contributed by atoms with E-state index in [4.69, 9.17) is 9.72 Å². The predicted molar refractivity (Wildman–Crippen MR) is 82.5 cm³/mol. The Morgan fingerprint density at radius 2 is 1.90 bits per heavy atom. The molecule has 1 fully saturated rings. The van der Waals surface area contributed by atoms with Crippen LogP contribution in [0.5, 0.6) is 0 Å². The van der Waals surface area contributed by atoms with Gasteiger partial charge < -0.3 is 15.0 Å². The Bertz CT molecular complexity index is 448. The quantitative estimate of drug-likeness (QED) is 0.920. The summed E-state index contributed by atoms with van der Waals surface area (Å²) in [6, 6.07) is 2.03. The number of ether oxygens (including phenoxy) is 1. The van der Waals surface area contributed by atoms with Gasteiger partial charge in [0.15, 0.2) is 0 Å². The topological polar surface area (TPSA) is 50.3 Å². The number of hydrogen-bond donors (Lipinski definition) is 1. The maximum absolute atomic E-state index is 5.43. The minimum atomic E-state index is -0.0491. The van der Waals surface area contributed by atoms with E-state index in [0.717, 1.165) is 43.4 Å². The highest BCUT2D eigenvalue weighted by molar-refractivity contribution is 5.50. The molecule has 0 unspecified atom stereocenters. The van der Waals surface area contributed by atoms with Crippen LogP contribution in [0.3, 0.4) is 0 Å². The van der Waals surface area contributed by atoms with E-state index in [1.165, 1.54) is 0 Å². The fourth-order valence-corrected chi connectivity index (χ4v) is 2.38. The van der Waals surface area contributed by atoms with E-state index in [1.807, 2.05) is 13.1 Å². The molecule has 0 atom stereocenters. The lowest BCUT2D eigenvalue weighted by atomic mass is 9.95. The fraction of sp³-hybridized carbons (Fsp3) is 0.733. The van der Waals surface area contributed by atoms with E-state index in [-0.39, 0.29) is 5.41 Å². The number of aromatic nitrogens is 2. The van der Waals surface area contributed by atoms with Gasteiger partial charge in [-0.2, -0.15) is 0 Å². The first-order valence-electron chi connectivity index (χ1n) is 7.29. The second-order valence-corrected chi connectivity index (χ2v) is 6.36. The lowest BCUT2D eigenvalue weighted by Gasteiger charge is -2.33. The van der Waals surface area contributed by atoms with E-state index in [1.54, 1.807) is 7.11 Å². The third-order valence-corrected chi connectivity index (χ3v) is 3.74. The molecule has 0 bridgehead atoms. The highest BCUT2D eigenvalue weighted by Gasteiger charge is 2.23. The fourth-order valence-electron chi connectivity index (χ4n) is 2.38. The van der Waals surface area contributed by atoms with Crippen molar-refractivity contribution in [1.82, 2.24) is 9.97 Å². The van der Waals surface area contributed by atoms with E-state index in [0.29, 0.717) is 6.10 Å². The molecule has 1 aliphatic heterocycles. The third kappa shape index (κ3) is 3.39.